The Bertz CT molecular complexity index is 368. The normalized spacial score (nSPS) is 14.2. The van der Waals surface area contributed by atoms with E-state index in [1.807, 2.05) is 13.8 Å². The van der Waals surface area contributed by atoms with Crippen molar-refractivity contribution < 1.29 is 15.0 Å². The van der Waals surface area contributed by atoms with E-state index in [4.69, 9.17) is 10.2 Å². The van der Waals surface area contributed by atoms with Crippen LogP contribution in [0.15, 0.2) is 18.2 Å². The molecule has 2 atom stereocenters. The minimum absolute atomic E-state index is 0.00820. The Morgan fingerprint density at radius 3 is 2.75 bits per heavy atom. The van der Waals surface area contributed by atoms with E-state index in [0.717, 1.165) is 0 Å². The molecule has 5 heteroatoms. The molecule has 1 aromatic heterocycles. The summed E-state index contributed by atoms with van der Waals surface area (Å²) >= 11 is 0. The zero-order valence-corrected chi connectivity index (χ0v) is 9.34. The number of hydrogen-bond donors (Lipinski definition) is 3. The number of carboxylic acids is 1. The molecule has 1 heterocycles. The van der Waals surface area contributed by atoms with Gasteiger partial charge in [0.15, 0.2) is 5.69 Å². The second-order valence-electron chi connectivity index (χ2n) is 3.81. The first-order valence-electron chi connectivity index (χ1n) is 5.12. The number of pyridine rings is 1. The van der Waals surface area contributed by atoms with Gasteiger partial charge in [0.1, 0.15) is 5.82 Å². The van der Waals surface area contributed by atoms with Crippen molar-refractivity contribution in [2.45, 2.75) is 19.9 Å². The van der Waals surface area contributed by atoms with E-state index in [2.05, 4.69) is 10.3 Å². The lowest BCUT2D eigenvalue weighted by Gasteiger charge is -2.19. The quantitative estimate of drug-likeness (QED) is 0.700. The maximum atomic E-state index is 10.7. The van der Waals surface area contributed by atoms with Gasteiger partial charge in [0.05, 0.1) is 0 Å². The molecule has 0 aromatic carbocycles. The summed E-state index contributed by atoms with van der Waals surface area (Å²) in [4.78, 5) is 14.6. The molecule has 0 spiro atoms. The summed E-state index contributed by atoms with van der Waals surface area (Å²) in [5, 5.41) is 20.8. The number of nitrogens with one attached hydrogen (secondary N) is 1. The van der Waals surface area contributed by atoms with Crippen molar-refractivity contribution in [3.05, 3.63) is 23.9 Å². The molecule has 1 aromatic rings. The minimum atomic E-state index is -1.05. The Balaban J connectivity index is 2.74. The van der Waals surface area contributed by atoms with Crippen LogP contribution in [0.3, 0.4) is 0 Å². The molecule has 16 heavy (non-hydrogen) atoms. The first kappa shape index (κ1) is 12.4. The zero-order chi connectivity index (χ0) is 12.1. The molecular weight excluding hydrogens is 208 g/mol. The van der Waals surface area contributed by atoms with Gasteiger partial charge in [-0.2, -0.15) is 0 Å². The Hall–Kier alpha value is -1.62. The number of aliphatic hydroxyl groups is 1. The molecule has 2 unspecified atom stereocenters. The highest BCUT2D eigenvalue weighted by Crippen LogP contribution is 2.10. The molecule has 3 N–H and O–H groups in total. The van der Waals surface area contributed by atoms with Crippen LogP contribution in [0.5, 0.6) is 0 Å². The largest absolute Gasteiger partial charge is 0.477 e. The monoisotopic (exact) mass is 224 g/mol. The fourth-order valence-electron chi connectivity index (χ4n) is 1.17. The summed E-state index contributed by atoms with van der Waals surface area (Å²) in [5.74, 6) is -0.463. The number of nitrogens with zero attached hydrogens (tertiary/aromatic N) is 1. The summed E-state index contributed by atoms with van der Waals surface area (Å²) in [6, 6.07) is 4.80. The maximum Gasteiger partial charge on any atom is 0.354 e. The Morgan fingerprint density at radius 1 is 1.50 bits per heavy atom. The average Bonchev–Trinajstić information content (AvgIpc) is 2.28. The molecule has 0 bridgehead atoms. The molecule has 5 nitrogen and oxygen atoms in total. The number of aromatic nitrogens is 1. The molecule has 0 saturated heterocycles. The minimum Gasteiger partial charge on any atom is -0.477 e. The lowest BCUT2D eigenvalue weighted by Crippen LogP contribution is -2.26. The second kappa shape index (κ2) is 5.46. The third kappa shape index (κ3) is 3.20. The summed E-state index contributed by atoms with van der Waals surface area (Å²) in [6.07, 6.45) is 0. The van der Waals surface area contributed by atoms with Gasteiger partial charge >= 0.3 is 5.97 Å². The van der Waals surface area contributed by atoms with Gasteiger partial charge < -0.3 is 15.5 Å². The molecule has 1 rings (SSSR count). The fraction of sp³-hybridized carbons (Fsp3) is 0.455. The van der Waals surface area contributed by atoms with E-state index < -0.39 is 5.97 Å². The van der Waals surface area contributed by atoms with Crippen LogP contribution in [-0.2, 0) is 0 Å². The molecule has 88 valence electrons. The van der Waals surface area contributed by atoms with E-state index >= 15 is 0 Å². The Kier molecular flexibility index (Phi) is 4.25. The van der Waals surface area contributed by atoms with Crippen molar-refractivity contribution in [1.82, 2.24) is 4.98 Å². The highest BCUT2D eigenvalue weighted by molar-refractivity contribution is 5.85. The van der Waals surface area contributed by atoms with Crippen LogP contribution in [-0.4, -0.2) is 33.8 Å². The van der Waals surface area contributed by atoms with Crippen molar-refractivity contribution in [3.63, 3.8) is 0 Å². The number of carbonyl (C=O) groups is 1. The predicted molar refractivity (Wildman–Crippen MR) is 60.5 cm³/mol. The van der Waals surface area contributed by atoms with Crippen molar-refractivity contribution in [1.29, 1.82) is 0 Å². The number of hydrogen-bond acceptors (Lipinski definition) is 4. The summed E-state index contributed by atoms with van der Waals surface area (Å²) < 4.78 is 0. The van der Waals surface area contributed by atoms with E-state index in [1.165, 1.54) is 6.07 Å². The van der Waals surface area contributed by atoms with Gasteiger partial charge in [-0.25, -0.2) is 9.78 Å². The molecule has 0 aliphatic carbocycles. The van der Waals surface area contributed by atoms with Crippen LogP contribution >= 0.6 is 0 Å². The first-order chi connectivity index (χ1) is 7.54. The van der Waals surface area contributed by atoms with E-state index in [0.29, 0.717) is 5.82 Å². The maximum absolute atomic E-state index is 10.7. The smallest absolute Gasteiger partial charge is 0.354 e. The van der Waals surface area contributed by atoms with Crippen molar-refractivity contribution in [3.8, 4) is 0 Å². The molecule has 0 amide bonds. The number of aromatic carboxylic acids is 1. The van der Waals surface area contributed by atoms with Crippen LogP contribution < -0.4 is 5.32 Å². The lowest BCUT2D eigenvalue weighted by molar-refractivity contribution is 0.0690. The van der Waals surface area contributed by atoms with E-state index in [9.17, 15) is 4.79 Å². The predicted octanol–water partition coefficient (Wildman–Crippen LogP) is 1.21. The lowest BCUT2D eigenvalue weighted by atomic mass is 10.1. The molecule has 0 saturated carbocycles. The molecule has 0 aliphatic heterocycles. The van der Waals surface area contributed by atoms with Gasteiger partial charge in [-0.3, -0.25) is 0 Å². The van der Waals surface area contributed by atoms with Gasteiger partial charge in [0.2, 0.25) is 0 Å². The van der Waals surface area contributed by atoms with Crippen molar-refractivity contribution in [2.24, 2.45) is 5.92 Å². The van der Waals surface area contributed by atoms with Crippen LogP contribution in [0.4, 0.5) is 5.82 Å². The highest BCUT2D eigenvalue weighted by atomic mass is 16.4. The summed E-state index contributed by atoms with van der Waals surface area (Å²) in [5.41, 5.74) is 0.00820. The SMILES string of the molecule is CC(CO)C(C)Nc1cccc(C(=O)O)n1. The van der Waals surface area contributed by atoms with Gasteiger partial charge in [0.25, 0.3) is 0 Å². The average molecular weight is 224 g/mol. The Morgan fingerprint density at radius 2 is 2.19 bits per heavy atom. The number of anilines is 1. The number of carboxylic acid groups (broad SMARTS) is 1. The van der Waals surface area contributed by atoms with Gasteiger partial charge in [-0.05, 0) is 25.0 Å². The van der Waals surface area contributed by atoms with Gasteiger partial charge in [-0.1, -0.05) is 13.0 Å². The molecular formula is C11H16N2O3. The molecule has 0 aliphatic rings. The zero-order valence-electron chi connectivity index (χ0n) is 9.34. The van der Waals surface area contributed by atoms with Crippen molar-refractivity contribution in [2.75, 3.05) is 11.9 Å². The standard InChI is InChI=1S/C11H16N2O3/c1-7(6-14)8(2)12-10-5-3-4-9(13-10)11(15)16/h3-5,7-8,14H,6H2,1-2H3,(H,12,13)(H,15,16). The summed E-state index contributed by atoms with van der Waals surface area (Å²) in [7, 11) is 0. The van der Waals surface area contributed by atoms with Crippen LogP contribution in [0, 0.1) is 5.92 Å². The molecule has 0 radical (unpaired) electrons. The Labute approximate surface area is 94.1 Å². The second-order valence-corrected chi connectivity index (χ2v) is 3.81. The van der Waals surface area contributed by atoms with E-state index in [-0.39, 0.29) is 24.3 Å². The molecule has 0 fully saturated rings. The fourth-order valence-corrected chi connectivity index (χ4v) is 1.17. The van der Waals surface area contributed by atoms with Gasteiger partial charge in [0, 0.05) is 12.6 Å². The third-order valence-corrected chi connectivity index (χ3v) is 2.49. The van der Waals surface area contributed by atoms with Crippen LogP contribution in [0.25, 0.3) is 0 Å². The third-order valence-electron chi connectivity index (χ3n) is 2.49. The van der Waals surface area contributed by atoms with Crippen molar-refractivity contribution >= 4 is 11.8 Å². The van der Waals surface area contributed by atoms with Gasteiger partial charge in [-0.15, -0.1) is 0 Å². The number of aliphatic hydroxyl groups excluding tert-OH is 1. The summed E-state index contributed by atoms with van der Waals surface area (Å²) in [6.45, 7) is 3.89. The van der Waals surface area contributed by atoms with E-state index in [1.54, 1.807) is 12.1 Å². The topological polar surface area (TPSA) is 82.5 Å². The number of rotatable bonds is 5. The van der Waals surface area contributed by atoms with Crippen LogP contribution in [0.2, 0.25) is 0 Å². The van der Waals surface area contributed by atoms with Crippen LogP contribution in [0.1, 0.15) is 24.3 Å². The highest BCUT2D eigenvalue weighted by Gasteiger charge is 2.12. The first-order valence-corrected chi connectivity index (χ1v) is 5.12.